The van der Waals surface area contributed by atoms with Crippen LogP contribution >= 0.6 is 0 Å². The highest BCUT2D eigenvalue weighted by atomic mass is 16.5. The normalized spacial score (nSPS) is 26.8. The maximum Gasteiger partial charge on any atom is 0.254 e. The van der Waals surface area contributed by atoms with Crippen molar-refractivity contribution in [2.24, 2.45) is 0 Å². The van der Waals surface area contributed by atoms with Crippen LogP contribution in [0.25, 0.3) is 0 Å². The third-order valence-corrected chi connectivity index (χ3v) is 4.02. The highest BCUT2D eigenvalue weighted by Crippen LogP contribution is 2.29. The van der Waals surface area contributed by atoms with Crippen LogP contribution in [0.15, 0.2) is 23.1 Å². The SMILES string of the molecule is O=C(c1cc[nH]c(=O)c1)N1CCOC2CCCCC21. The molecular weight excluding hydrogens is 244 g/mol. The van der Waals surface area contributed by atoms with Crippen LogP contribution in [-0.4, -0.2) is 41.1 Å². The Balaban J connectivity index is 1.83. The molecule has 1 aliphatic heterocycles. The van der Waals surface area contributed by atoms with Crippen molar-refractivity contribution in [3.8, 4) is 0 Å². The number of carbonyl (C=O) groups excluding carboxylic acids is 1. The van der Waals surface area contributed by atoms with E-state index in [0.717, 1.165) is 19.3 Å². The average molecular weight is 262 g/mol. The lowest BCUT2D eigenvalue weighted by molar-refractivity contribution is -0.0752. The van der Waals surface area contributed by atoms with Crippen molar-refractivity contribution in [3.63, 3.8) is 0 Å². The molecule has 2 fully saturated rings. The summed E-state index contributed by atoms with van der Waals surface area (Å²) < 4.78 is 5.76. The first-order valence-electron chi connectivity index (χ1n) is 6.87. The van der Waals surface area contributed by atoms with Crippen molar-refractivity contribution in [2.45, 2.75) is 37.8 Å². The minimum atomic E-state index is -0.237. The summed E-state index contributed by atoms with van der Waals surface area (Å²) in [5, 5.41) is 0. The maximum atomic E-state index is 12.5. The molecule has 0 bridgehead atoms. The van der Waals surface area contributed by atoms with Crippen molar-refractivity contribution < 1.29 is 9.53 Å². The first-order chi connectivity index (χ1) is 9.25. The monoisotopic (exact) mass is 262 g/mol. The summed E-state index contributed by atoms with van der Waals surface area (Å²) in [7, 11) is 0. The summed E-state index contributed by atoms with van der Waals surface area (Å²) in [5.74, 6) is -0.0497. The van der Waals surface area contributed by atoms with E-state index in [2.05, 4.69) is 4.98 Å². The molecule has 2 unspecified atom stereocenters. The van der Waals surface area contributed by atoms with Crippen molar-refractivity contribution in [2.75, 3.05) is 13.2 Å². The number of carbonyl (C=O) groups is 1. The zero-order valence-corrected chi connectivity index (χ0v) is 10.8. The first kappa shape index (κ1) is 12.4. The molecule has 1 aromatic rings. The molecule has 5 nitrogen and oxygen atoms in total. The zero-order valence-electron chi connectivity index (χ0n) is 10.8. The van der Waals surface area contributed by atoms with Gasteiger partial charge in [-0.15, -0.1) is 0 Å². The second-order valence-electron chi connectivity index (χ2n) is 5.20. The maximum absolute atomic E-state index is 12.5. The number of aromatic nitrogens is 1. The quantitative estimate of drug-likeness (QED) is 0.826. The zero-order chi connectivity index (χ0) is 13.2. The van der Waals surface area contributed by atoms with Crippen LogP contribution < -0.4 is 5.56 Å². The Hall–Kier alpha value is -1.62. The van der Waals surface area contributed by atoms with Gasteiger partial charge >= 0.3 is 0 Å². The topological polar surface area (TPSA) is 62.4 Å². The van der Waals surface area contributed by atoms with Crippen molar-refractivity contribution in [3.05, 3.63) is 34.2 Å². The molecule has 2 aliphatic rings. The summed E-state index contributed by atoms with van der Waals surface area (Å²) in [4.78, 5) is 28.3. The van der Waals surface area contributed by atoms with Gasteiger partial charge in [0.15, 0.2) is 0 Å². The molecule has 0 spiro atoms. The largest absolute Gasteiger partial charge is 0.374 e. The minimum Gasteiger partial charge on any atom is -0.374 e. The predicted molar refractivity (Wildman–Crippen MR) is 70.1 cm³/mol. The molecule has 0 aromatic carbocycles. The molecule has 1 amide bonds. The molecule has 1 saturated heterocycles. The number of aromatic amines is 1. The molecule has 0 radical (unpaired) electrons. The van der Waals surface area contributed by atoms with Gasteiger partial charge in [-0.05, 0) is 18.9 Å². The first-order valence-corrected chi connectivity index (χ1v) is 6.87. The molecule has 2 atom stereocenters. The van der Waals surface area contributed by atoms with Gasteiger partial charge in [0.25, 0.3) is 5.91 Å². The number of nitrogens with one attached hydrogen (secondary N) is 1. The Morgan fingerprint density at radius 1 is 1.37 bits per heavy atom. The molecular formula is C14H18N2O3. The number of morpholine rings is 1. The standard InChI is InChI=1S/C14H18N2O3/c17-13-9-10(5-6-15-13)14(18)16-7-8-19-12-4-2-1-3-11(12)16/h5-6,9,11-12H,1-4,7-8H2,(H,15,17). The van der Waals surface area contributed by atoms with Crippen molar-refractivity contribution >= 4 is 5.91 Å². The van der Waals surface area contributed by atoms with Crippen LogP contribution in [0, 0.1) is 0 Å². The fourth-order valence-corrected chi connectivity index (χ4v) is 3.09. The smallest absolute Gasteiger partial charge is 0.254 e. The van der Waals surface area contributed by atoms with Crippen LogP contribution in [0.3, 0.4) is 0 Å². The molecule has 3 rings (SSSR count). The lowest BCUT2D eigenvalue weighted by Crippen LogP contribution is -2.54. The Kier molecular flexibility index (Phi) is 3.38. The number of pyridine rings is 1. The van der Waals surface area contributed by atoms with Crippen molar-refractivity contribution in [1.82, 2.24) is 9.88 Å². The molecule has 1 aliphatic carbocycles. The van der Waals surface area contributed by atoms with Gasteiger partial charge < -0.3 is 14.6 Å². The number of fused-ring (bicyclic) bond motifs is 1. The third kappa shape index (κ3) is 2.42. The van der Waals surface area contributed by atoms with E-state index in [1.165, 1.54) is 18.7 Å². The van der Waals surface area contributed by atoms with E-state index in [4.69, 9.17) is 4.74 Å². The van der Waals surface area contributed by atoms with Crippen molar-refractivity contribution in [1.29, 1.82) is 0 Å². The number of hydrogen-bond acceptors (Lipinski definition) is 3. The summed E-state index contributed by atoms with van der Waals surface area (Å²) in [6, 6.07) is 3.21. The van der Waals surface area contributed by atoms with Gasteiger partial charge in [-0.25, -0.2) is 0 Å². The van der Waals surface area contributed by atoms with E-state index >= 15 is 0 Å². The molecule has 2 heterocycles. The number of ether oxygens (including phenoxy) is 1. The second kappa shape index (κ2) is 5.17. The number of nitrogens with zero attached hydrogens (tertiary/aromatic N) is 1. The Bertz CT molecular complexity index is 523. The lowest BCUT2D eigenvalue weighted by Gasteiger charge is -2.43. The van der Waals surface area contributed by atoms with E-state index in [-0.39, 0.29) is 23.6 Å². The van der Waals surface area contributed by atoms with Gasteiger partial charge in [0.2, 0.25) is 5.56 Å². The molecule has 1 N–H and O–H groups in total. The summed E-state index contributed by atoms with van der Waals surface area (Å²) in [6.45, 7) is 1.21. The predicted octanol–water partition coefficient (Wildman–Crippen LogP) is 1.16. The minimum absolute atomic E-state index is 0.0497. The Labute approximate surface area is 111 Å². The molecule has 1 aromatic heterocycles. The highest BCUT2D eigenvalue weighted by molar-refractivity contribution is 5.94. The summed E-state index contributed by atoms with van der Waals surface area (Å²) >= 11 is 0. The summed E-state index contributed by atoms with van der Waals surface area (Å²) in [5.41, 5.74) is 0.231. The van der Waals surface area contributed by atoms with Gasteiger partial charge in [-0.3, -0.25) is 9.59 Å². The van der Waals surface area contributed by atoms with Gasteiger partial charge in [0.1, 0.15) is 0 Å². The fourth-order valence-electron chi connectivity index (χ4n) is 3.09. The van der Waals surface area contributed by atoms with E-state index in [0.29, 0.717) is 18.7 Å². The molecule has 1 saturated carbocycles. The number of hydrogen-bond donors (Lipinski definition) is 1. The van der Waals surface area contributed by atoms with Gasteiger partial charge in [0, 0.05) is 24.4 Å². The Morgan fingerprint density at radius 3 is 3.05 bits per heavy atom. The number of rotatable bonds is 1. The van der Waals surface area contributed by atoms with Crippen LogP contribution in [0.1, 0.15) is 36.0 Å². The van der Waals surface area contributed by atoms with Gasteiger partial charge in [-0.1, -0.05) is 12.8 Å². The number of H-pyrrole nitrogens is 1. The number of amides is 1. The molecule has 19 heavy (non-hydrogen) atoms. The lowest BCUT2D eigenvalue weighted by atomic mass is 9.90. The van der Waals surface area contributed by atoms with E-state index in [9.17, 15) is 9.59 Å². The van der Waals surface area contributed by atoms with Crippen LogP contribution in [0.4, 0.5) is 0 Å². The second-order valence-corrected chi connectivity index (χ2v) is 5.20. The van der Waals surface area contributed by atoms with E-state index in [1.54, 1.807) is 6.07 Å². The summed E-state index contributed by atoms with van der Waals surface area (Å²) in [6.07, 6.45) is 6.05. The van der Waals surface area contributed by atoms with Crippen LogP contribution in [-0.2, 0) is 4.74 Å². The molecule has 102 valence electrons. The van der Waals surface area contributed by atoms with E-state index in [1.807, 2.05) is 4.90 Å². The Morgan fingerprint density at radius 2 is 2.21 bits per heavy atom. The van der Waals surface area contributed by atoms with Gasteiger partial charge in [0.05, 0.1) is 18.8 Å². The molecule has 5 heteroatoms. The highest BCUT2D eigenvalue weighted by Gasteiger charge is 2.36. The third-order valence-electron chi connectivity index (χ3n) is 4.02. The van der Waals surface area contributed by atoms with E-state index < -0.39 is 0 Å². The average Bonchev–Trinajstić information content (AvgIpc) is 2.46. The van der Waals surface area contributed by atoms with Gasteiger partial charge in [-0.2, -0.15) is 0 Å². The fraction of sp³-hybridized carbons (Fsp3) is 0.571. The van der Waals surface area contributed by atoms with Crippen LogP contribution in [0.2, 0.25) is 0 Å². The van der Waals surface area contributed by atoms with Crippen LogP contribution in [0.5, 0.6) is 0 Å².